The first-order chi connectivity index (χ1) is 13.5. The maximum Gasteiger partial charge on any atom is 0.270 e. The van der Waals surface area contributed by atoms with Crippen LogP contribution >= 0.6 is 0 Å². The summed E-state index contributed by atoms with van der Waals surface area (Å²) in [5.41, 5.74) is 6.47. The zero-order chi connectivity index (χ0) is 20.3. The van der Waals surface area contributed by atoms with Crippen LogP contribution in [0.15, 0.2) is 18.2 Å². The van der Waals surface area contributed by atoms with Crippen molar-refractivity contribution in [3.05, 3.63) is 35.2 Å². The third kappa shape index (κ3) is 3.58. The molecule has 0 saturated heterocycles. The van der Waals surface area contributed by atoms with Gasteiger partial charge in [0.25, 0.3) is 11.8 Å². The van der Waals surface area contributed by atoms with Crippen LogP contribution in [0.1, 0.15) is 26.5 Å². The summed E-state index contributed by atoms with van der Waals surface area (Å²) in [6.45, 7) is 0.485. The van der Waals surface area contributed by atoms with Gasteiger partial charge in [0.15, 0.2) is 5.69 Å². The number of rotatable bonds is 4. The number of ether oxygens (including phenoxy) is 2. The van der Waals surface area contributed by atoms with Crippen molar-refractivity contribution in [2.24, 2.45) is 5.73 Å². The molecular weight excluding hydrogens is 364 g/mol. The highest BCUT2D eigenvalue weighted by Gasteiger charge is 2.29. The van der Waals surface area contributed by atoms with Gasteiger partial charge in [-0.15, -0.1) is 0 Å². The number of aromatic nitrogens is 2. The maximum absolute atomic E-state index is 12.3. The summed E-state index contributed by atoms with van der Waals surface area (Å²) >= 11 is 0. The molecule has 2 heterocycles. The van der Waals surface area contributed by atoms with Crippen molar-refractivity contribution in [2.45, 2.75) is 6.54 Å². The zero-order valence-corrected chi connectivity index (χ0v) is 15.4. The summed E-state index contributed by atoms with van der Waals surface area (Å²) in [4.78, 5) is 40.0. The van der Waals surface area contributed by atoms with Gasteiger partial charge < -0.3 is 25.1 Å². The first-order valence-corrected chi connectivity index (χ1v) is 8.39. The molecule has 0 atom stereocenters. The third-order valence-corrected chi connectivity index (χ3v) is 4.06. The van der Waals surface area contributed by atoms with E-state index in [0.717, 1.165) is 0 Å². The number of ketones is 1. The molecular formula is C19H18N4O5. The Labute approximate surface area is 160 Å². The molecule has 0 bridgehead atoms. The molecule has 3 N–H and O–H groups in total. The van der Waals surface area contributed by atoms with E-state index in [2.05, 4.69) is 22.1 Å². The Balaban J connectivity index is 2.14. The molecule has 2 amide bonds. The molecule has 1 aliphatic heterocycles. The molecule has 0 radical (unpaired) electrons. The number of primary amides is 1. The number of fused-ring (bicyclic) bond motifs is 3. The molecule has 28 heavy (non-hydrogen) atoms. The van der Waals surface area contributed by atoms with E-state index in [4.69, 9.17) is 15.2 Å². The second-order valence-corrected chi connectivity index (χ2v) is 5.89. The van der Waals surface area contributed by atoms with Crippen LogP contribution in [-0.2, 0) is 16.1 Å². The molecule has 9 nitrogen and oxygen atoms in total. The van der Waals surface area contributed by atoms with Gasteiger partial charge in [0.1, 0.15) is 30.5 Å². The van der Waals surface area contributed by atoms with Gasteiger partial charge >= 0.3 is 0 Å². The molecule has 9 heteroatoms. The van der Waals surface area contributed by atoms with Crippen molar-refractivity contribution >= 4 is 17.6 Å². The molecule has 1 aromatic carbocycles. The highest BCUT2D eigenvalue weighted by atomic mass is 16.5. The molecule has 3 rings (SSSR count). The summed E-state index contributed by atoms with van der Waals surface area (Å²) in [6, 6.07) is 5.10. The van der Waals surface area contributed by atoms with Crippen LogP contribution in [0.2, 0.25) is 0 Å². The molecule has 1 aliphatic rings. The van der Waals surface area contributed by atoms with Crippen LogP contribution in [0.4, 0.5) is 0 Å². The number of hydrogen-bond donors (Lipinski definition) is 2. The lowest BCUT2D eigenvalue weighted by Crippen LogP contribution is -2.26. The summed E-state index contributed by atoms with van der Waals surface area (Å²) in [7, 11) is 2.87. The fraction of sp³-hybridized carbons (Fsp3) is 0.263. The highest BCUT2D eigenvalue weighted by molar-refractivity contribution is 6.05. The van der Waals surface area contributed by atoms with Gasteiger partial charge in [-0.3, -0.25) is 14.4 Å². The van der Waals surface area contributed by atoms with Gasteiger partial charge in [0.05, 0.1) is 12.1 Å². The predicted octanol–water partition coefficient (Wildman–Crippen LogP) is -0.0320. The van der Waals surface area contributed by atoms with Gasteiger partial charge in [-0.1, -0.05) is 5.92 Å². The van der Waals surface area contributed by atoms with Crippen LogP contribution in [0, 0.1) is 11.8 Å². The van der Waals surface area contributed by atoms with Gasteiger partial charge in [-0.2, -0.15) is 0 Å². The standard InChI is InChI=1S/C19H18N4O5/c1-21-19(26)16-15(17(20)25)22-18-13-9-11(3-5-12(24)10-27-2)4-6-14(13)28-8-7-23(16)18/h4,6,9H,7-8,10H2,1-2H3,(H2,20,25)(H,21,26). The lowest BCUT2D eigenvalue weighted by molar-refractivity contribution is -0.117. The van der Waals surface area contributed by atoms with E-state index in [1.54, 1.807) is 22.8 Å². The van der Waals surface area contributed by atoms with E-state index in [1.165, 1.54) is 14.2 Å². The molecule has 0 spiro atoms. The van der Waals surface area contributed by atoms with E-state index in [9.17, 15) is 14.4 Å². The van der Waals surface area contributed by atoms with E-state index in [0.29, 0.717) is 29.2 Å². The number of Topliss-reactive ketones (excluding diaryl/α,β-unsaturated/α-hetero) is 1. The summed E-state index contributed by atoms with van der Waals surface area (Å²) < 4.78 is 12.1. The summed E-state index contributed by atoms with van der Waals surface area (Å²) in [5.74, 6) is 4.51. The molecule has 0 fully saturated rings. The highest BCUT2D eigenvalue weighted by Crippen LogP contribution is 2.34. The van der Waals surface area contributed by atoms with Crippen molar-refractivity contribution in [3.8, 4) is 29.0 Å². The zero-order valence-electron chi connectivity index (χ0n) is 15.4. The molecule has 0 aliphatic carbocycles. The lowest BCUT2D eigenvalue weighted by Gasteiger charge is -2.07. The van der Waals surface area contributed by atoms with Crippen molar-refractivity contribution in [2.75, 3.05) is 27.4 Å². The van der Waals surface area contributed by atoms with Crippen LogP contribution in [0.5, 0.6) is 5.75 Å². The van der Waals surface area contributed by atoms with Crippen LogP contribution < -0.4 is 15.8 Å². The minimum absolute atomic E-state index is 0.0770. The number of carbonyl (C=O) groups is 3. The number of amides is 2. The van der Waals surface area contributed by atoms with Crippen molar-refractivity contribution in [1.82, 2.24) is 14.9 Å². The van der Waals surface area contributed by atoms with Crippen molar-refractivity contribution < 1.29 is 23.9 Å². The SMILES string of the molecule is CNC(=O)c1c(C(N)=O)nc2n1CCOc1ccc(C#CC(=O)COC)cc1-2. The number of imidazole rings is 1. The van der Waals surface area contributed by atoms with E-state index >= 15 is 0 Å². The average Bonchev–Trinajstić information content (AvgIpc) is 2.97. The number of hydrogen-bond acceptors (Lipinski definition) is 6. The Morgan fingerprint density at radius 2 is 2.18 bits per heavy atom. The number of carbonyl (C=O) groups excluding carboxylic acids is 3. The van der Waals surface area contributed by atoms with E-state index in [1.807, 2.05) is 0 Å². The molecule has 0 saturated carbocycles. The molecule has 0 unspecified atom stereocenters. The fourth-order valence-corrected chi connectivity index (χ4v) is 2.86. The first-order valence-electron chi connectivity index (χ1n) is 8.39. The van der Waals surface area contributed by atoms with Crippen molar-refractivity contribution in [3.63, 3.8) is 0 Å². The Morgan fingerprint density at radius 3 is 2.86 bits per heavy atom. The van der Waals surface area contributed by atoms with E-state index < -0.39 is 11.8 Å². The minimum Gasteiger partial charge on any atom is -0.491 e. The second kappa shape index (κ2) is 7.94. The minimum atomic E-state index is -0.803. The maximum atomic E-state index is 12.3. The fourth-order valence-electron chi connectivity index (χ4n) is 2.86. The smallest absolute Gasteiger partial charge is 0.270 e. The molecule has 2 aromatic rings. The summed E-state index contributed by atoms with van der Waals surface area (Å²) in [6.07, 6.45) is 0. The predicted molar refractivity (Wildman–Crippen MR) is 98.8 cm³/mol. The summed E-state index contributed by atoms with van der Waals surface area (Å²) in [5, 5.41) is 2.49. The lowest BCUT2D eigenvalue weighted by atomic mass is 10.1. The quantitative estimate of drug-likeness (QED) is 0.715. The number of nitrogens with two attached hydrogens (primary N) is 1. The average molecular weight is 382 g/mol. The van der Waals surface area contributed by atoms with Gasteiger partial charge in [-0.05, 0) is 24.1 Å². The monoisotopic (exact) mass is 382 g/mol. The molecule has 1 aromatic heterocycles. The van der Waals surface area contributed by atoms with Gasteiger partial charge in [-0.25, -0.2) is 4.98 Å². The van der Waals surface area contributed by atoms with Crippen LogP contribution in [0.25, 0.3) is 11.4 Å². The Hall–Kier alpha value is -3.64. The van der Waals surface area contributed by atoms with Gasteiger partial charge in [0, 0.05) is 19.7 Å². The third-order valence-electron chi connectivity index (χ3n) is 4.06. The van der Waals surface area contributed by atoms with Crippen molar-refractivity contribution in [1.29, 1.82) is 0 Å². The topological polar surface area (TPSA) is 126 Å². The molecule has 144 valence electrons. The van der Waals surface area contributed by atoms with Crippen LogP contribution in [-0.4, -0.2) is 54.5 Å². The normalized spacial score (nSPS) is 11.8. The largest absolute Gasteiger partial charge is 0.491 e. The van der Waals surface area contributed by atoms with E-state index in [-0.39, 0.29) is 30.4 Å². The number of nitrogens with one attached hydrogen (secondary N) is 1. The number of methoxy groups -OCH3 is 1. The number of nitrogens with zero attached hydrogens (tertiary/aromatic N) is 2. The Kier molecular flexibility index (Phi) is 5.42. The number of benzene rings is 1. The van der Waals surface area contributed by atoms with Crippen LogP contribution in [0.3, 0.4) is 0 Å². The Bertz CT molecular complexity index is 1030. The Morgan fingerprint density at radius 1 is 1.39 bits per heavy atom. The first kappa shape index (κ1) is 19.1. The second-order valence-electron chi connectivity index (χ2n) is 5.89. The van der Waals surface area contributed by atoms with Gasteiger partial charge in [0.2, 0.25) is 5.78 Å².